The van der Waals surface area contributed by atoms with Gasteiger partial charge in [-0.05, 0) is 37.1 Å². The molecule has 3 rings (SSSR count). The summed E-state index contributed by atoms with van der Waals surface area (Å²) in [5.74, 6) is 0.880. The van der Waals surface area contributed by atoms with Gasteiger partial charge >= 0.3 is 0 Å². The molecule has 0 aliphatic rings. The molecule has 0 radical (unpaired) electrons. The molecular weight excluding hydrogens is 368 g/mol. The Balaban J connectivity index is 1.56. The SMILES string of the molecule is COc1ccccc1CCNC(=O)c1cnc(Nc2cccc(C(C)=O)c2)nc1. The van der Waals surface area contributed by atoms with Gasteiger partial charge in [0.25, 0.3) is 5.91 Å². The van der Waals surface area contributed by atoms with Gasteiger partial charge in [0, 0.05) is 30.2 Å². The third-order valence-electron chi connectivity index (χ3n) is 4.31. The van der Waals surface area contributed by atoms with E-state index in [9.17, 15) is 9.59 Å². The number of hydrogen-bond acceptors (Lipinski definition) is 6. The van der Waals surface area contributed by atoms with Crippen LogP contribution >= 0.6 is 0 Å². The molecule has 29 heavy (non-hydrogen) atoms. The summed E-state index contributed by atoms with van der Waals surface area (Å²) in [7, 11) is 1.63. The van der Waals surface area contributed by atoms with Crippen LogP contribution in [0, 0.1) is 0 Å². The fourth-order valence-electron chi connectivity index (χ4n) is 2.78. The van der Waals surface area contributed by atoms with Crippen LogP contribution < -0.4 is 15.4 Å². The second-order valence-corrected chi connectivity index (χ2v) is 6.38. The lowest BCUT2D eigenvalue weighted by Crippen LogP contribution is -2.26. The molecule has 0 aliphatic heterocycles. The maximum Gasteiger partial charge on any atom is 0.254 e. The third kappa shape index (κ3) is 5.38. The second kappa shape index (κ2) is 9.45. The van der Waals surface area contributed by atoms with Crippen molar-refractivity contribution in [2.45, 2.75) is 13.3 Å². The van der Waals surface area contributed by atoms with E-state index in [-0.39, 0.29) is 11.7 Å². The summed E-state index contributed by atoms with van der Waals surface area (Å²) >= 11 is 0. The summed E-state index contributed by atoms with van der Waals surface area (Å²) in [4.78, 5) is 32.1. The van der Waals surface area contributed by atoms with Gasteiger partial charge in [0.05, 0.1) is 12.7 Å². The molecule has 3 aromatic rings. The molecule has 1 heterocycles. The van der Waals surface area contributed by atoms with Gasteiger partial charge in [-0.15, -0.1) is 0 Å². The summed E-state index contributed by atoms with van der Waals surface area (Å²) in [6, 6.07) is 14.8. The van der Waals surface area contributed by atoms with Gasteiger partial charge in [-0.2, -0.15) is 0 Å². The number of para-hydroxylation sites is 1. The molecule has 0 bridgehead atoms. The van der Waals surface area contributed by atoms with Gasteiger partial charge in [0.15, 0.2) is 5.78 Å². The van der Waals surface area contributed by atoms with Crippen LogP contribution in [0.3, 0.4) is 0 Å². The van der Waals surface area contributed by atoms with Crippen molar-refractivity contribution in [3.63, 3.8) is 0 Å². The number of ether oxygens (including phenoxy) is 1. The summed E-state index contributed by atoms with van der Waals surface area (Å²) < 4.78 is 5.31. The largest absolute Gasteiger partial charge is 0.496 e. The van der Waals surface area contributed by atoms with E-state index in [0.717, 1.165) is 11.3 Å². The lowest BCUT2D eigenvalue weighted by Gasteiger charge is -2.09. The van der Waals surface area contributed by atoms with Gasteiger partial charge in [0.1, 0.15) is 5.75 Å². The van der Waals surface area contributed by atoms with E-state index in [0.29, 0.717) is 35.7 Å². The van der Waals surface area contributed by atoms with Crippen molar-refractivity contribution in [2.24, 2.45) is 0 Å². The molecule has 1 amide bonds. The number of carbonyl (C=O) groups excluding carboxylic acids is 2. The van der Waals surface area contributed by atoms with Crippen LogP contribution in [-0.2, 0) is 6.42 Å². The van der Waals surface area contributed by atoms with E-state index in [1.807, 2.05) is 30.3 Å². The average molecular weight is 390 g/mol. The Kier molecular flexibility index (Phi) is 6.52. The Morgan fingerprint density at radius 2 is 1.76 bits per heavy atom. The number of rotatable bonds is 8. The van der Waals surface area contributed by atoms with Crippen LogP contribution in [0.15, 0.2) is 60.9 Å². The van der Waals surface area contributed by atoms with Crippen LogP contribution in [0.5, 0.6) is 5.75 Å². The Bertz CT molecular complexity index is 1000. The zero-order valence-corrected chi connectivity index (χ0v) is 16.3. The first-order valence-corrected chi connectivity index (χ1v) is 9.17. The third-order valence-corrected chi connectivity index (χ3v) is 4.31. The molecule has 2 aromatic carbocycles. The predicted octanol–water partition coefficient (Wildman–Crippen LogP) is 3.40. The normalized spacial score (nSPS) is 10.3. The number of Topliss-reactive ketones (excluding diaryl/α,β-unsaturated/α-hetero) is 1. The van der Waals surface area contributed by atoms with Gasteiger partial charge in [-0.3, -0.25) is 9.59 Å². The zero-order valence-electron chi connectivity index (χ0n) is 16.3. The first kappa shape index (κ1) is 20.0. The number of carbonyl (C=O) groups is 2. The standard InChI is InChI=1S/C22H22N4O3/c1-15(27)17-7-5-8-19(12-17)26-22-24-13-18(14-25-22)21(28)23-11-10-16-6-3-4-9-20(16)29-2/h3-9,12-14H,10-11H2,1-2H3,(H,23,28)(H,24,25,26). The first-order chi connectivity index (χ1) is 14.1. The highest BCUT2D eigenvalue weighted by Gasteiger charge is 2.09. The molecule has 0 fully saturated rings. The number of aromatic nitrogens is 2. The maximum atomic E-state index is 12.3. The molecule has 0 aliphatic carbocycles. The number of ketones is 1. The Morgan fingerprint density at radius 3 is 2.48 bits per heavy atom. The Hall–Kier alpha value is -3.74. The molecule has 0 unspecified atom stereocenters. The summed E-state index contributed by atoms with van der Waals surface area (Å²) in [5, 5.41) is 5.88. The minimum atomic E-state index is -0.245. The van der Waals surface area contributed by atoms with Gasteiger partial charge in [-0.1, -0.05) is 30.3 Å². The van der Waals surface area contributed by atoms with Crippen molar-refractivity contribution in [2.75, 3.05) is 19.0 Å². The van der Waals surface area contributed by atoms with E-state index in [1.54, 1.807) is 25.3 Å². The molecule has 0 spiro atoms. The van der Waals surface area contributed by atoms with Crippen molar-refractivity contribution >= 4 is 23.3 Å². The number of methoxy groups -OCH3 is 1. The Morgan fingerprint density at radius 1 is 1.00 bits per heavy atom. The van der Waals surface area contributed by atoms with Crippen molar-refractivity contribution in [3.05, 3.63) is 77.6 Å². The lowest BCUT2D eigenvalue weighted by molar-refractivity contribution is 0.0952. The summed E-state index contributed by atoms with van der Waals surface area (Å²) in [5.41, 5.74) is 2.69. The topological polar surface area (TPSA) is 93.2 Å². The lowest BCUT2D eigenvalue weighted by atomic mass is 10.1. The molecule has 7 nitrogen and oxygen atoms in total. The molecule has 148 valence electrons. The number of benzene rings is 2. The summed E-state index contributed by atoms with van der Waals surface area (Å²) in [6.07, 6.45) is 3.58. The quantitative estimate of drug-likeness (QED) is 0.573. The number of nitrogens with zero attached hydrogens (tertiary/aromatic N) is 2. The number of anilines is 2. The fourth-order valence-corrected chi connectivity index (χ4v) is 2.78. The highest BCUT2D eigenvalue weighted by Crippen LogP contribution is 2.17. The van der Waals surface area contributed by atoms with Gasteiger partial charge in [0.2, 0.25) is 5.95 Å². The van der Waals surface area contributed by atoms with Crippen LogP contribution in [-0.4, -0.2) is 35.3 Å². The molecule has 7 heteroatoms. The van der Waals surface area contributed by atoms with Crippen LogP contribution in [0.1, 0.15) is 33.2 Å². The minimum absolute atomic E-state index is 0.0188. The first-order valence-electron chi connectivity index (χ1n) is 9.17. The van der Waals surface area contributed by atoms with Gasteiger partial charge < -0.3 is 15.4 Å². The average Bonchev–Trinajstić information content (AvgIpc) is 2.74. The van der Waals surface area contributed by atoms with Gasteiger partial charge in [-0.25, -0.2) is 9.97 Å². The van der Waals surface area contributed by atoms with Crippen molar-refractivity contribution in [1.29, 1.82) is 0 Å². The zero-order chi connectivity index (χ0) is 20.6. The fraction of sp³-hybridized carbons (Fsp3) is 0.182. The van der Waals surface area contributed by atoms with Crippen molar-refractivity contribution < 1.29 is 14.3 Å². The molecule has 0 atom stereocenters. The predicted molar refractivity (Wildman–Crippen MR) is 111 cm³/mol. The minimum Gasteiger partial charge on any atom is -0.496 e. The van der Waals surface area contributed by atoms with E-state index in [1.165, 1.54) is 19.3 Å². The Labute approximate surface area is 169 Å². The molecule has 2 N–H and O–H groups in total. The van der Waals surface area contributed by atoms with E-state index < -0.39 is 0 Å². The van der Waals surface area contributed by atoms with E-state index >= 15 is 0 Å². The number of nitrogens with one attached hydrogen (secondary N) is 2. The smallest absolute Gasteiger partial charge is 0.254 e. The number of hydrogen-bond donors (Lipinski definition) is 2. The highest BCUT2D eigenvalue weighted by molar-refractivity contribution is 5.95. The number of amides is 1. The van der Waals surface area contributed by atoms with Crippen LogP contribution in [0.2, 0.25) is 0 Å². The summed E-state index contributed by atoms with van der Waals surface area (Å²) in [6.45, 7) is 1.98. The maximum absolute atomic E-state index is 12.3. The highest BCUT2D eigenvalue weighted by atomic mass is 16.5. The molecule has 0 saturated heterocycles. The second-order valence-electron chi connectivity index (χ2n) is 6.38. The molecule has 1 aromatic heterocycles. The van der Waals surface area contributed by atoms with Crippen molar-refractivity contribution in [1.82, 2.24) is 15.3 Å². The molecule has 0 saturated carbocycles. The van der Waals surface area contributed by atoms with E-state index in [4.69, 9.17) is 4.74 Å². The monoisotopic (exact) mass is 390 g/mol. The van der Waals surface area contributed by atoms with E-state index in [2.05, 4.69) is 20.6 Å². The molecular formula is C22H22N4O3. The van der Waals surface area contributed by atoms with Crippen LogP contribution in [0.4, 0.5) is 11.6 Å². The van der Waals surface area contributed by atoms with Crippen molar-refractivity contribution in [3.8, 4) is 5.75 Å². The van der Waals surface area contributed by atoms with Crippen LogP contribution in [0.25, 0.3) is 0 Å².